The minimum Gasteiger partial charge on any atom is -0.492 e. The molecule has 0 unspecified atom stereocenters. The third-order valence-electron chi connectivity index (χ3n) is 3.61. The van der Waals surface area contributed by atoms with Crippen LogP contribution in [0.1, 0.15) is 13.8 Å². The highest BCUT2D eigenvalue weighted by Crippen LogP contribution is 2.32. The van der Waals surface area contributed by atoms with Crippen molar-refractivity contribution in [3.8, 4) is 17.1 Å². The van der Waals surface area contributed by atoms with Gasteiger partial charge in [0.25, 0.3) is 0 Å². The van der Waals surface area contributed by atoms with Crippen molar-refractivity contribution < 1.29 is 4.74 Å². The lowest BCUT2D eigenvalue weighted by atomic mass is 10.1. The fourth-order valence-corrected chi connectivity index (χ4v) is 2.57. The molecule has 6 nitrogen and oxygen atoms in total. The van der Waals surface area contributed by atoms with Crippen LogP contribution in [-0.4, -0.2) is 22.4 Å². The molecule has 4 N–H and O–H groups in total. The zero-order valence-corrected chi connectivity index (χ0v) is 14.8. The minimum absolute atomic E-state index is 0.283. The Labute approximate surface area is 152 Å². The minimum atomic E-state index is 0.283. The van der Waals surface area contributed by atoms with E-state index in [-0.39, 0.29) is 5.84 Å². The largest absolute Gasteiger partial charge is 0.492 e. The molecule has 0 radical (unpaired) electrons. The van der Waals surface area contributed by atoms with Crippen LogP contribution in [0.4, 0.5) is 5.82 Å². The Morgan fingerprint density at radius 1 is 1.08 bits per heavy atom. The molecule has 1 aromatic heterocycles. The van der Waals surface area contributed by atoms with Crippen LogP contribution in [0.15, 0.2) is 65.3 Å². The molecule has 0 aliphatic carbocycles. The number of rotatable bonds is 5. The number of para-hydroxylation sites is 1. The number of allylic oxidation sites excluding steroid dienone is 1. The van der Waals surface area contributed by atoms with E-state index in [2.05, 4.69) is 9.98 Å². The fraction of sp³-hybridized carbons (Fsp3) is 0.150. The molecule has 132 valence electrons. The Bertz CT molecular complexity index is 976. The summed E-state index contributed by atoms with van der Waals surface area (Å²) in [6, 6.07) is 15.4. The van der Waals surface area contributed by atoms with Crippen molar-refractivity contribution in [1.82, 2.24) is 9.97 Å². The molecule has 0 amide bonds. The van der Waals surface area contributed by atoms with E-state index in [0.29, 0.717) is 35.2 Å². The number of amidine groups is 1. The van der Waals surface area contributed by atoms with Gasteiger partial charge in [-0.15, -0.1) is 0 Å². The molecule has 3 aromatic rings. The van der Waals surface area contributed by atoms with Crippen molar-refractivity contribution in [3.63, 3.8) is 0 Å². The van der Waals surface area contributed by atoms with Crippen LogP contribution >= 0.6 is 0 Å². The van der Waals surface area contributed by atoms with Gasteiger partial charge >= 0.3 is 0 Å². The van der Waals surface area contributed by atoms with Crippen LogP contribution in [0.3, 0.4) is 0 Å². The Morgan fingerprint density at radius 3 is 2.54 bits per heavy atom. The lowest BCUT2D eigenvalue weighted by Crippen LogP contribution is -2.10. The smallest absolute Gasteiger partial charge is 0.166 e. The number of aliphatic imine (C=N–C) groups is 1. The van der Waals surface area contributed by atoms with Crippen molar-refractivity contribution in [3.05, 3.63) is 60.3 Å². The Kier molecular flexibility index (Phi) is 5.12. The van der Waals surface area contributed by atoms with E-state index < -0.39 is 0 Å². The van der Waals surface area contributed by atoms with Crippen molar-refractivity contribution in [2.24, 2.45) is 16.5 Å². The summed E-state index contributed by atoms with van der Waals surface area (Å²) in [6.07, 6.45) is 1.60. The first kappa shape index (κ1) is 17.4. The van der Waals surface area contributed by atoms with E-state index in [9.17, 15) is 0 Å². The number of nitrogens with zero attached hydrogens (tertiary/aromatic N) is 3. The molecule has 0 atom stereocenters. The summed E-state index contributed by atoms with van der Waals surface area (Å²) in [7, 11) is 0. The second-order valence-corrected chi connectivity index (χ2v) is 5.75. The zero-order chi connectivity index (χ0) is 18.5. The molecule has 1 heterocycles. The van der Waals surface area contributed by atoms with E-state index in [0.717, 1.165) is 10.9 Å². The van der Waals surface area contributed by atoms with Crippen molar-refractivity contribution in [2.45, 2.75) is 13.8 Å². The summed E-state index contributed by atoms with van der Waals surface area (Å²) < 4.78 is 5.73. The maximum atomic E-state index is 5.99. The Hall–Kier alpha value is -3.41. The molecule has 0 spiro atoms. The number of benzene rings is 2. The number of ether oxygens (including phenoxy) is 1. The van der Waals surface area contributed by atoms with Gasteiger partial charge in [0.05, 0.1) is 6.61 Å². The predicted octanol–water partition coefficient (Wildman–Crippen LogP) is 3.55. The van der Waals surface area contributed by atoms with Gasteiger partial charge in [-0.2, -0.15) is 0 Å². The van der Waals surface area contributed by atoms with Crippen LogP contribution < -0.4 is 16.2 Å². The maximum absolute atomic E-state index is 5.99. The van der Waals surface area contributed by atoms with E-state index in [1.165, 1.54) is 0 Å². The quantitative estimate of drug-likeness (QED) is 0.543. The van der Waals surface area contributed by atoms with E-state index in [1.54, 1.807) is 13.0 Å². The normalized spacial score (nSPS) is 12.4. The van der Waals surface area contributed by atoms with Crippen LogP contribution in [-0.2, 0) is 0 Å². The SMILES string of the molecule is CCOc1cccc2c(N=C(N)/C=C(/C)N)nc(-c3ccccc3)nc12. The van der Waals surface area contributed by atoms with Crippen LogP contribution in [0.25, 0.3) is 22.3 Å². The first-order valence-electron chi connectivity index (χ1n) is 8.35. The van der Waals surface area contributed by atoms with Crippen molar-refractivity contribution in [2.75, 3.05) is 6.61 Å². The van der Waals surface area contributed by atoms with Gasteiger partial charge in [0, 0.05) is 16.6 Å². The highest BCUT2D eigenvalue weighted by atomic mass is 16.5. The zero-order valence-electron chi connectivity index (χ0n) is 14.8. The highest BCUT2D eigenvalue weighted by Gasteiger charge is 2.13. The average molecular weight is 347 g/mol. The molecule has 0 saturated carbocycles. The molecule has 6 heteroatoms. The molecule has 0 aliphatic rings. The Morgan fingerprint density at radius 2 is 1.85 bits per heavy atom. The van der Waals surface area contributed by atoms with Gasteiger partial charge in [-0.3, -0.25) is 0 Å². The molecule has 0 bridgehead atoms. The number of hydrogen-bond donors (Lipinski definition) is 2. The van der Waals surface area contributed by atoms with Gasteiger partial charge in [-0.25, -0.2) is 15.0 Å². The lowest BCUT2D eigenvalue weighted by Gasteiger charge is -2.10. The Balaban J connectivity index is 2.27. The van der Waals surface area contributed by atoms with Gasteiger partial charge in [0.15, 0.2) is 11.6 Å². The van der Waals surface area contributed by atoms with E-state index >= 15 is 0 Å². The summed E-state index contributed by atoms with van der Waals surface area (Å²) >= 11 is 0. The number of nitrogens with two attached hydrogens (primary N) is 2. The van der Waals surface area contributed by atoms with Crippen LogP contribution in [0.2, 0.25) is 0 Å². The average Bonchev–Trinajstić information content (AvgIpc) is 2.62. The maximum Gasteiger partial charge on any atom is 0.166 e. The molecule has 2 aromatic carbocycles. The van der Waals surface area contributed by atoms with Crippen LogP contribution in [0, 0.1) is 0 Å². The molecule has 0 saturated heterocycles. The predicted molar refractivity (Wildman–Crippen MR) is 105 cm³/mol. The summed E-state index contributed by atoms with van der Waals surface area (Å²) in [5.41, 5.74) is 13.8. The summed E-state index contributed by atoms with van der Waals surface area (Å²) in [4.78, 5) is 13.8. The third kappa shape index (κ3) is 3.80. The fourth-order valence-electron chi connectivity index (χ4n) is 2.57. The molecule has 3 rings (SSSR count). The number of fused-ring (bicyclic) bond motifs is 1. The lowest BCUT2D eigenvalue weighted by molar-refractivity contribution is 0.343. The van der Waals surface area contributed by atoms with Crippen LogP contribution in [0.5, 0.6) is 5.75 Å². The van der Waals surface area contributed by atoms with Gasteiger partial charge in [0.1, 0.15) is 17.1 Å². The molecule has 0 fully saturated rings. The third-order valence-corrected chi connectivity index (χ3v) is 3.61. The molecular weight excluding hydrogens is 326 g/mol. The molecule has 0 aliphatic heterocycles. The first-order chi connectivity index (χ1) is 12.6. The van der Waals surface area contributed by atoms with Gasteiger partial charge in [-0.05, 0) is 32.1 Å². The highest BCUT2D eigenvalue weighted by molar-refractivity contribution is 5.99. The standard InChI is InChI=1S/C20H21N5O/c1-3-26-16-11-7-10-15-18(16)24-19(14-8-5-4-6-9-14)25-20(15)23-17(22)12-13(2)21/h4-12H,3,21H2,1-2H3,(H2,22,23,24,25)/b13-12-. The van der Waals surface area contributed by atoms with Gasteiger partial charge in [-0.1, -0.05) is 36.4 Å². The van der Waals surface area contributed by atoms with Crippen molar-refractivity contribution in [1.29, 1.82) is 0 Å². The molecular formula is C20H21N5O. The second-order valence-electron chi connectivity index (χ2n) is 5.75. The topological polar surface area (TPSA) is 99.4 Å². The van der Waals surface area contributed by atoms with Gasteiger partial charge < -0.3 is 16.2 Å². The number of aromatic nitrogens is 2. The summed E-state index contributed by atoms with van der Waals surface area (Å²) in [5.74, 6) is 2.01. The molecule has 26 heavy (non-hydrogen) atoms. The first-order valence-corrected chi connectivity index (χ1v) is 8.35. The van der Waals surface area contributed by atoms with Gasteiger partial charge in [0.2, 0.25) is 0 Å². The van der Waals surface area contributed by atoms with E-state index in [4.69, 9.17) is 21.2 Å². The summed E-state index contributed by atoms with van der Waals surface area (Å²) in [6.45, 7) is 4.23. The number of hydrogen-bond acceptors (Lipinski definition) is 5. The summed E-state index contributed by atoms with van der Waals surface area (Å²) in [5, 5.41) is 0.765. The monoisotopic (exact) mass is 347 g/mol. The van der Waals surface area contributed by atoms with Crippen molar-refractivity contribution >= 4 is 22.6 Å². The second kappa shape index (κ2) is 7.65. The van der Waals surface area contributed by atoms with E-state index in [1.807, 2.05) is 55.5 Å².